The molecule has 1 aliphatic heterocycles. The van der Waals surface area contributed by atoms with Crippen LogP contribution in [0.3, 0.4) is 0 Å². The molecule has 4 rings (SSSR count). The first kappa shape index (κ1) is 31.7. The Bertz CT molecular complexity index is 1150. The molecule has 4 atom stereocenters. The number of benzene rings is 1. The Morgan fingerprint density at radius 2 is 1.64 bits per heavy atom. The molecule has 2 aliphatic carbocycles. The van der Waals surface area contributed by atoms with Gasteiger partial charge >= 0.3 is 0 Å². The number of nitrogens with one attached hydrogen (secondary N) is 3. The summed E-state index contributed by atoms with van der Waals surface area (Å²) in [4.78, 5) is 53.2. The Balaban J connectivity index is 1.47. The van der Waals surface area contributed by atoms with Gasteiger partial charge in [-0.2, -0.15) is 0 Å². The fraction of sp³-hybridized carbons (Fsp3) is 0.625. The van der Waals surface area contributed by atoms with E-state index in [2.05, 4.69) is 22.0 Å². The average molecular weight is 584 g/mol. The van der Waals surface area contributed by atoms with Crippen molar-refractivity contribution in [3.63, 3.8) is 0 Å². The van der Waals surface area contributed by atoms with E-state index < -0.39 is 35.5 Å². The largest absolute Gasteiger partial charge is 0.497 e. The molecule has 1 saturated heterocycles. The molecule has 10 nitrogen and oxygen atoms in total. The first-order valence-electron chi connectivity index (χ1n) is 15.2. The molecule has 42 heavy (non-hydrogen) atoms. The van der Waals surface area contributed by atoms with Crippen LogP contribution in [0.5, 0.6) is 5.75 Å². The van der Waals surface area contributed by atoms with E-state index in [4.69, 9.17) is 9.47 Å². The smallest absolute Gasteiger partial charge is 0.243 e. The number of hydrogen-bond donors (Lipinski definition) is 4. The van der Waals surface area contributed by atoms with Crippen LogP contribution in [0.2, 0.25) is 0 Å². The molecule has 2 fully saturated rings. The highest BCUT2D eigenvalue weighted by Crippen LogP contribution is 2.31. The van der Waals surface area contributed by atoms with Crippen LogP contribution in [-0.2, 0) is 30.3 Å². The summed E-state index contributed by atoms with van der Waals surface area (Å²) in [7, 11) is 1.57. The van der Waals surface area contributed by atoms with Crippen LogP contribution in [0.4, 0.5) is 0 Å². The minimum absolute atomic E-state index is 0.171. The predicted molar refractivity (Wildman–Crippen MR) is 157 cm³/mol. The van der Waals surface area contributed by atoms with Crippen LogP contribution in [0.25, 0.3) is 0 Å². The second kappa shape index (κ2) is 14.3. The van der Waals surface area contributed by atoms with Gasteiger partial charge in [0.2, 0.25) is 17.7 Å². The van der Waals surface area contributed by atoms with Gasteiger partial charge in [0, 0.05) is 12.3 Å². The Morgan fingerprint density at radius 1 is 0.976 bits per heavy atom. The summed E-state index contributed by atoms with van der Waals surface area (Å²) in [5, 5.41) is 18.3. The molecule has 0 bridgehead atoms. The lowest BCUT2D eigenvalue weighted by molar-refractivity contribution is -0.134. The topological polar surface area (TPSA) is 146 Å². The minimum atomic E-state index is -0.987. The van der Waals surface area contributed by atoms with Crippen molar-refractivity contribution in [2.75, 3.05) is 13.7 Å². The highest BCUT2D eigenvalue weighted by Gasteiger charge is 2.50. The van der Waals surface area contributed by atoms with Crippen molar-refractivity contribution in [2.24, 2.45) is 5.92 Å². The van der Waals surface area contributed by atoms with Crippen molar-refractivity contribution in [2.45, 2.75) is 108 Å². The predicted octanol–water partition coefficient (Wildman–Crippen LogP) is 2.51. The normalized spacial score (nSPS) is 25.7. The lowest BCUT2D eigenvalue weighted by Crippen LogP contribution is -2.57. The zero-order valence-electron chi connectivity index (χ0n) is 24.9. The SMILES string of the molecule is COc1ccc(C[C@H](NC(=O)[C@@H](C)NC(=O)C2CCC(O)CC2)C(=O)N[C@@H](CC2=CCCCC2)C(=O)[C@]2(C)CO2)cc1. The molecule has 0 radical (unpaired) electrons. The van der Waals surface area contributed by atoms with Crippen molar-refractivity contribution >= 4 is 23.5 Å². The van der Waals surface area contributed by atoms with E-state index in [1.807, 2.05) is 12.1 Å². The number of amides is 3. The van der Waals surface area contributed by atoms with E-state index in [0.29, 0.717) is 44.5 Å². The van der Waals surface area contributed by atoms with Gasteiger partial charge in [-0.05, 0) is 89.3 Å². The van der Waals surface area contributed by atoms with Crippen molar-refractivity contribution in [3.05, 3.63) is 41.5 Å². The summed E-state index contributed by atoms with van der Waals surface area (Å²) >= 11 is 0. The van der Waals surface area contributed by atoms with Gasteiger partial charge in [-0.3, -0.25) is 19.2 Å². The monoisotopic (exact) mass is 583 g/mol. The number of carbonyl (C=O) groups is 4. The average Bonchev–Trinajstić information content (AvgIpc) is 3.75. The molecule has 1 aromatic carbocycles. The number of carbonyl (C=O) groups excluding carboxylic acids is 4. The zero-order valence-corrected chi connectivity index (χ0v) is 24.9. The number of rotatable bonds is 13. The lowest BCUT2D eigenvalue weighted by atomic mass is 9.87. The standard InChI is InChI=1S/C32H45N3O7/c1-20(33-30(39)23-11-13-24(36)14-12-23)29(38)35-27(18-22-9-15-25(41-3)16-10-22)31(40)34-26(28(37)32(2)19-42-32)17-21-7-5-4-6-8-21/h7,9-10,15-16,20,23-24,26-27,36H,4-6,8,11-14,17-19H2,1-3H3,(H,33,39)(H,34,40)(H,35,38)/t20-,23?,24?,26+,27+,32+/m1/s1. The fourth-order valence-corrected chi connectivity index (χ4v) is 5.69. The second-order valence-corrected chi connectivity index (χ2v) is 12.1. The maximum absolute atomic E-state index is 13.8. The van der Waals surface area contributed by atoms with E-state index in [1.165, 1.54) is 0 Å². The molecule has 0 spiro atoms. The fourth-order valence-electron chi connectivity index (χ4n) is 5.69. The molecule has 230 valence electrons. The van der Waals surface area contributed by atoms with Gasteiger partial charge < -0.3 is 30.5 Å². The molecular weight excluding hydrogens is 538 g/mol. The van der Waals surface area contributed by atoms with E-state index in [9.17, 15) is 24.3 Å². The molecule has 10 heteroatoms. The third-order valence-corrected chi connectivity index (χ3v) is 8.63. The van der Waals surface area contributed by atoms with E-state index in [-0.39, 0.29) is 30.1 Å². The third-order valence-electron chi connectivity index (χ3n) is 8.63. The molecular formula is C32H45N3O7. The van der Waals surface area contributed by atoms with Gasteiger partial charge in [0.05, 0.1) is 25.9 Å². The molecule has 0 unspecified atom stereocenters. The van der Waals surface area contributed by atoms with E-state index in [1.54, 1.807) is 33.1 Å². The molecule has 1 heterocycles. The van der Waals surface area contributed by atoms with Crippen LogP contribution in [-0.4, -0.2) is 72.2 Å². The molecule has 1 aromatic rings. The van der Waals surface area contributed by atoms with E-state index >= 15 is 0 Å². The number of hydrogen-bond acceptors (Lipinski definition) is 7. The van der Waals surface area contributed by atoms with Crippen LogP contribution >= 0.6 is 0 Å². The van der Waals surface area contributed by atoms with Crippen molar-refractivity contribution in [3.8, 4) is 5.75 Å². The number of Topliss-reactive ketones (excluding diaryl/α,β-unsaturated/α-hetero) is 1. The summed E-state index contributed by atoms with van der Waals surface area (Å²) in [5.74, 6) is -0.963. The summed E-state index contributed by atoms with van der Waals surface area (Å²) < 4.78 is 10.7. The van der Waals surface area contributed by atoms with Crippen molar-refractivity contribution < 1.29 is 33.8 Å². The Morgan fingerprint density at radius 3 is 2.24 bits per heavy atom. The zero-order chi connectivity index (χ0) is 30.3. The van der Waals surface area contributed by atoms with Gasteiger partial charge in [0.25, 0.3) is 0 Å². The molecule has 3 amide bonds. The molecule has 1 saturated carbocycles. The summed E-state index contributed by atoms with van der Waals surface area (Å²) in [6, 6.07) is 4.57. The number of methoxy groups -OCH3 is 1. The van der Waals surface area contributed by atoms with E-state index in [0.717, 1.165) is 36.8 Å². The maximum atomic E-state index is 13.8. The Kier molecular flexibility index (Phi) is 10.8. The molecule has 0 aromatic heterocycles. The van der Waals surface area contributed by atoms with Crippen LogP contribution in [0.15, 0.2) is 35.9 Å². The van der Waals surface area contributed by atoms with Gasteiger partial charge in [-0.15, -0.1) is 0 Å². The van der Waals surface area contributed by atoms with Gasteiger partial charge in [0.15, 0.2) is 5.78 Å². The van der Waals surface area contributed by atoms with Crippen LogP contribution in [0.1, 0.15) is 77.2 Å². The highest BCUT2D eigenvalue weighted by molar-refractivity contribution is 5.98. The second-order valence-electron chi connectivity index (χ2n) is 12.1. The minimum Gasteiger partial charge on any atom is -0.497 e. The first-order valence-corrected chi connectivity index (χ1v) is 15.2. The number of ether oxygens (including phenoxy) is 2. The Labute approximate surface area is 248 Å². The van der Waals surface area contributed by atoms with Gasteiger partial charge in [0.1, 0.15) is 23.4 Å². The summed E-state index contributed by atoms with van der Waals surface area (Å²) in [5.41, 5.74) is 1.03. The van der Waals surface area contributed by atoms with Crippen molar-refractivity contribution in [1.82, 2.24) is 16.0 Å². The number of aliphatic hydroxyl groups is 1. The molecule has 3 aliphatic rings. The maximum Gasteiger partial charge on any atom is 0.243 e. The lowest BCUT2D eigenvalue weighted by Gasteiger charge is -2.27. The summed E-state index contributed by atoms with van der Waals surface area (Å²) in [6.45, 7) is 3.64. The quantitative estimate of drug-likeness (QED) is 0.206. The third kappa shape index (κ3) is 8.64. The van der Waals surface area contributed by atoms with Gasteiger partial charge in [-0.25, -0.2) is 0 Å². The number of epoxide rings is 1. The van der Waals surface area contributed by atoms with Gasteiger partial charge in [-0.1, -0.05) is 23.8 Å². The number of aliphatic hydroxyl groups excluding tert-OH is 1. The van der Waals surface area contributed by atoms with Crippen LogP contribution < -0.4 is 20.7 Å². The van der Waals surface area contributed by atoms with Crippen molar-refractivity contribution in [1.29, 1.82) is 0 Å². The Hall–Kier alpha value is -3.24. The summed E-state index contributed by atoms with van der Waals surface area (Å²) in [6.07, 6.45) is 8.63. The molecule has 4 N–H and O–H groups in total. The number of ketones is 1. The van der Waals surface area contributed by atoms with Crippen LogP contribution in [0, 0.1) is 5.92 Å². The first-order chi connectivity index (χ1) is 20.1. The highest BCUT2D eigenvalue weighted by atomic mass is 16.6. The number of allylic oxidation sites excluding steroid dienone is 1.